The van der Waals surface area contributed by atoms with Crippen LogP contribution >= 0.6 is 0 Å². The molecule has 82 valence electrons. The smallest absolute Gasteiger partial charge is 0.126 e. The molecule has 0 saturated heterocycles. The highest BCUT2D eigenvalue weighted by Gasteiger charge is 2.32. The van der Waals surface area contributed by atoms with Crippen LogP contribution in [0.25, 0.3) is 0 Å². The predicted octanol–water partition coefficient (Wildman–Crippen LogP) is 2.11. The minimum Gasteiger partial charge on any atom is -0.303 e. The van der Waals surface area contributed by atoms with E-state index < -0.39 is 0 Å². The van der Waals surface area contributed by atoms with Gasteiger partial charge in [0, 0.05) is 25.1 Å². The van der Waals surface area contributed by atoms with Gasteiger partial charge in [0.25, 0.3) is 0 Å². The molecule has 1 heterocycles. The molecule has 1 aromatic rings. The second-order valence-corrected chi connectivity index (χ2v) is 4.70. The molecule has 0 N–H and O–H groups in total. The second-order valence-electron chi connectivity index (χ2n) is 4.70. The van der Waals surface area contributed by atoms with E-state index in [1.807, 2.05) is 19.3 Å². The Labute approximate surface area is 90.5 Å². The topological polar surface area (TPSA) is 34.9 Å². The highest BCUT2D eigenvalue weighted by molar-refractivity contribution is 5.60. The predicted molar refractivity (Wildman–Crippen MR) is 58.5 cm³/mol. The van der Waals surface area contributed by atoms with Crippen LogP contribution in [0.3, 0.4) is 0 Å². The van der Waals surface area contributed by atoms with Gasteiger partial charge in [0.15, 0.2) is 0 Å². The van der Waals surface area contributed by atoms with Gasteiger partial charge in [0.1, 0.15) is 6.29 Å². The summed E-state index contributed by atoms with van der Waals surface area (Å²) in [5.41, 5.74) is 0.929. The van der Waals surface area contributed by atoms with E-state index in [-0.39, 0.29) is 5.41 Å². The maximum atomic E-state index is 11.3. The third kappa shape index (κ3) is 2.28. The van der Waals surface area contributed by atoms with Crippen molar-refractivity contribution in [2.45, 2.75) is 38.5 Å². The van der Waals surface area contributed by atoms with Gasteiger partial charge in [-0.25, -0.2) is 0 Å². The minimum atomic E-state index is -0.118. The number of hydrogen-bond donors (Lipinski definition) is 0. The highest BCUT2D eigenvalue weighted by atomic mass is 16.1. The summed E-state index contributed by atoms with van der Waals surface area (Å²) in [6.45, 7) is 0. The van der Waals surface area contributed by atoms with Crippen molar-refractivity contribution in [2.75, 3.05) is 0 Å². The summed E-state index contributed by atoms with van der Waals surface area (Å²) in [5, 5.41) is 4.36. The molecule has 1 aromatic heterocycles. The molecule has 2 rings (SSSR count). The molecule has 0 aromatic carbocycles. The van der Waals surface area contributed by atoms with Gasteiger partial charge in [-0.3, -0.25) is 4.68 Å². The average molecular weight is 206 g/mol. The summed E-state index contributed by atoms with van der Waals surface area (Å²) in [4.78, 5) is 11.3. The SMILES string of the molecule is Cn1ccc(CC2(C=O)CCCCC2)n1. The molecule has 0 spiro atoms. The quantitative estimate of drug-likeness (QED) is 0.710. The van der Waals surface area contributed by atoms with Gasteiger partial charge in [-0.1, -0.05) is 19.3 Å². The number of carbonyl (C=O) groups is 1. The lowest BCUT2D eigenvalue weighted by Gasteiger charge is -2.31. The number of aromatic nitrogens is 2. The Kier molecular flexibility index (Phi) is 2.89. The average Bonchev–Trinajstić information content (AvgIpc) is 2.65. The van der Waals surface area contributed by atoms with Gasteiger partial charge in [0.05, 0.1) is 5.69 Å². The normalized spacial score (nSPS) is 20.1. The van der Waals surface area contributed by atoms with Gasteiger partial charge in [0.2, 0.25) is 0 Å². The fourth-order valence-electron chi connectivity index (χ4n) is 2.51. The summed E-state index contributed by atoms with van der Waals surface area (Å²) < 4.78 is 1.80. The number of nitrogens with zero attached hydrogens (tertiary/aromatic N) is 2. The lowest BCUT2D eigenvalue weighted by molar-refractivity contribution is -0.117. The molecule has 0 aliphatic heterocycles. The van der Waals surface area contributed by atoms with E-state index in [4.69, 9.17) is 0 Å². The van der Waals surface area contributed by atoms with E-state index in [2.05, 4.69) is 5.10 Å². The Morgan fingerprint density at radius 2 is 2.20 bits per heavy atom. The molecular weight excluding hydrogens is 188 g/mol. The first kappa shape index (κ1) is 10.4. The van der Waals surface area contributed by atoms with Gasteiger partial charge in [-0.05, 0) is 18.9 Å². The molecule has 3 nitrogen and oxygen atoms in total. The zero-order valence-corrected chi connectivity index (χ0v) is 9.28. The molecule has 0 bridgehead atoms. The van der Waals surface area contributed by atoms with Gasteiger partial charge >= 0.3 is 0 Å². The fourth-order valence-corrected chi connectivity index (χ4v) is 2.51. The van der Waals surface area contributed by atoms with Crippen LogP contribution in [0, 0.1) is 5.41 Å². The first-order valence-electron chi connectivity index (χ1n) is 5.69. The second kappa shape index (κ2) is 4.17. The molecule has 1 aliphatic rings. The summed E-state index contributed by atoms with van der Waals surface area (Å²) in [7, 11) is 1.91. The van der Waals surface area contributed by atoms with E-state index in [1.165, 1.54) is 25.5 Å². The van der Waals surface area contributed by atoms with E-state index in [0.29, 0.717) is 0 Å². The number of aldehydes is 1. The van der Waals surface area contributed by atoms with Crippen molar-refractivity contribution in [3.8, 4) is 0 Å². The Morgan fingerprint density at radius 1 is 1.47 bits per heavy atom. The molecule has 3 heteroatoms. The van der Waals surface area contributed by atoms with Crippen molar-refractivity contribution < 1.29 is 4.79 Å². The summed E-state index contributed by atoms with van der Waals surface area (Å²) in [6.07, 6.45) is 9.64. The van der Waals surface area contributed by atoms with E-state index >= 15 is 0 Å². The molecule has 1 aliphatic carbocycles. The van der Waals surface area contributed by atoms with Gasteiger partial charge < -0.3 is 4.79 Å². The number of carbonyl (C=O) groups excluding carboxylic acids is 1. The number of rotatable bonds is 3. The van der Waals surface area contributed by atoms with Crippen molar-refractivity contribution in [3.63, 3.8) is 0 Å². The third-order valence-corrected chi connectivity index (χ3v) is 3.40. The van der Waals surface area contributed by atoms with Gasteiger partial charge in [-0.15, -0.1) is 0 Å². The highest BCUT2D eigenvalue weighted by Crippen LogP contribution is 2.36. The van der Waals surface area contributed by atoms with E-state index in [1.54, 1.807) is 4.68 Å². The van der Waals surface area contributed by atoms with Crippen LogP contribution in [0.1, 0.15) is 37.8 Å². The summed E-state index contributed by atoms with van der Waals surface area (Å²) in [6, 6.07) is 2.01. The van der Waals surface area contributed by atoms with Crippen molar-refractivity contribution >= 4 is 6.29 Å². The molecular formula is C12H18N2O. The minimum absolute atomic E-state index is 0.118. The Hall–Kier alpha value is -1.12. The van der Waals surface area contributed by atoms with E-state index in [9.17, 15) is 4.79 Å². The number of hydrogen-bond acceptors (Lipinski definition) is 2. The molecule has 0 radical (unpaired) electrons. The number of aryl methyl sites for hydroxylation is 1. The van der Waals surface area contributed by atoms with Crippen LogP contribution < -0.4 is 0 Å². The lowest BCUT2D eigenvalue weighted by atomic mass is 9.72. The zero-order chi connectivity index (χ0) is 10.7. The van der Waals surface area contributed by atoms with Crippen LogP contribution in [-0.4, -0.2) is 16.1 Å². The Balaban J connectivity index is 2.10. The van der Waals surface area contributed by atoms with Gasteiger partial charge in [-0.2, -0.15) is 5.10 Å². The first-order valence-corrected chi connectivity index (χ1v) is 5.69. The van der Waals surface area contributed by atoms with Crippen molar-refractivity contribution in [2.24, 2.45) is 12.5 Å². The van der Waals surface area contributed by atoms with Crippen LogP contribution in [0.15, 0.2) is 12.3 Å². The summed E-state index contributed by atoms with van der Waals surface area (Å²) >= 11 is 0. The van der Waals surface area contributed by atoms with Crippen molar-refractivity contribution in [3.05, 3.63) is 18.0 Å². The van der Waals surface area contributed by atoms with Crippen molar-refractivity contribution in [1.82, 2.24) is 9.78 Å². The Bertz CT molecular complexity index is 337. The Morgan fingerprint density at radius 3 is 2.73 bits per heavy atom. The maximum Gasteiger partial charge on any atom is 0.126 e. The van der Waals surface area contributed by atoms with Crippen LogP contribution in [0.2, 0.25) is 0 Å². The largest absolute Gasteiger partial charge is 0.303 e. The third-order valence-electron chi connectivity index (χ3n) is 3.40. The molecule has 15 heavy (non-hydrogen) atoms. The standard InChI is InChI=1S/C12H18N2O/c1-14-8-5-11(13-14)9-12(10-15)6-3-2-4-7-12/h5,8,10H,2-4,6-7,9H2,1H3. The molecule has 0 atom stereocenters. The monoisotopic (exact) mass is 206 g/mol. The zero-order valence-electron chi connectivity index (χ0n) is 9.28. The van der Waals surface area contributed by atoms with Crippen LogP contribution in [0.5, 0.6) is 0 Å². The molecule has 0 amide bonds. The fraction of sp³-hybridized carbons (Fsp3) is 0.667. The molecule has 1 saturated carbocycles. The lowest BCUT2D eigenvalue weighted by Crippen LogP contribution is -2.28. The van der Waals surface area contributed by atoms with Crippen molar-refractivity contribution in [1.29, 1.82) is 0 Å². The maximum absolute atomic E-state index is 11.3. The van der Waals surface area contributed by atoms with Crippen LogP contribution in [0.4, 0.5) is 0 Å². The van der Waals surface area contributed by atoms with Crippen LogP contribution in [-0.2, 0) is 18.3 Å². The first-order chi connectivity index (χ1) is 7.24. The molecule has 0 unspecified atom stereocenters. The van der Waals surface area contributed by atoms with E-state index in [0.717, 1.165) is 25.0 Å². The molecule has 1 fully saturated rings. The summed E-state index contributed by atoms with van der Waals surface area (Å²) in [5.74, 6) is 0.